The van der Waals surface area contributed by atoms with Crippen LogP contribution in [0, 0.1) is 0 Å². The molecule has 0 saturated carbocycles. The highest BCUT2D eigenvalue weighted by Gasteiger charge is 2.60. The fourth-order valence-electron chi connectivity index (χ4n) is 1.57. The smallest absolute Gasteiger partial charge is 0.338 e. The standard InChI is InChI=1S/C10H14N2O3/c1-4-14-9(13)8-10(2,15-8)7-5-12(3)6-11-7/h5-6,8H,4H2,1-3H3. The third kappa shape index (κ3) is 1.63. The van der Waals surface area contributed by atoms with Gasteiger partial charge in [0.25, 0.3) is 0 Å². The molecule has 2 heterocycles. The summed E-state index contributed by atoms with van der Waals surface area (Å²) in [5, 5.41) is 0. The normalized spacial score (nSPS) is 28.9. The predicted molar refractivity (Wildman–Crippen MR) is 52.1 cm³/mol. The van der Waals surface area contributed by atoms with Crippen LogP contribution in [0.3, 0.4) is 0 Å². The Morgan fingerprint density at radius 1 is 1.80 bits per heavy atom. The molecule has 0 radical (unpaired) electrons. The van der Waals surface area contributed by atoms with Crippen LogP contribution in [0.5, 0.6) is 0 Å². The van der Waals surface area contributed by atoms with Crippen LogP contribution in [0.2, 0.25) is 0 Å². The summed E-state index contributed by atoms with van der Waals surface area (Å²) in [6.07, 6.45) is 3.02. The molecule has 5 heteroatoms. The molecule has 1 aliphatic heterocycles. The first-order valence-electron chi connectivity index (χ1n) is 4.91. The third-order valence-electron chi connectivity index (χ3n) is 2.52. The van der Waals surface area contributed by atoms with Gasteiger partial charge in [0.2, 0.25) is 0 Å². The van der Waals surface area contributed by atoms with E-state index < -0.39 is 11.7 Å². The number of ether oxygens (including phenoxy) is 2. The first-order valence-corrected chi connectivity index (χ1v) is 4.91. The number of epoxide rings is 1. The first-order chi connectivity index (χ1) is 7.08. The van der Waals surface area contributed by atoms with Crippen molar-refractivity contribution in [2.75, 3.05) is 6.61 Å². The number of imidazole rings is 1. The zero-order valence-electron chi connectivity index (χ0n) is 9.06. The van der Waals surface area contributed by atoms with Crippen LogP contribution in [0.1, 0.15) is 19.5 Å². The molecule has 0 spiro atoms. The molecule has 0 amide bonds. The van der Waals surface area contributed by atoms with Crippen LogP contribution in [-0.4, -0.2) is 28.2 Å². The second-order valence-corrected chi connectivity index (χ2v) is 3.78. The number of nitrogens with zero attached hydrogens (tertiary/aromatic N) is 2. The van der Waals surface area contributed by atoms with Crippen LogP contribution in [0.15, 0.2) is 12.5 Å². The monoisotopic (exact) mass is 210 g/mol. The maximum Gasteiger partial charge on any atom is 0.338 e. The van der Waals surface area contributed by atoms with Crippen molar-refractivity contribution >= 4 is 5.97 Å². The fourth-order valence-corrected chi connectivity index (χ4v) is 1.57. The topological polar surface area (TPSA) is 56.6 Å². The molecule has 2 rings (SSSR count). The van der Waals surface area contributed by atoms with Gasteiger partial charge in [-0.2, -0.15) is 0 Å². The van der Waals surface area contributed by atoms with E-state index in [1.165, 1.54) is 0 Å². The van der Waals surface area contributed by atoms with E-state index in [-0.39, 0.29) is 5.97 Å². The van der Waals surface area contributed by atoms with Gasteiger partial charge < -0.3 is 14.0 Å². The number of rotatable bonds is 3. The molecule has 0 bridgehead atoms. The Hall–Kier alpha value is -1.36. The number of aryl methyl sites for hydroxylation is 1. The van der Waals surface area contributed by atoms with Crippen LogP contribution in [0.4, 0.5) is 0 Å². The number of hydrogen-bond donors (Lipinski definition) is 0. The second-order valence-electron chi connectivity index (χ2n) is 3.78. The van der Waals surface area contributed by atoms with Crippen LogP contribution in [0.25, 0.3) is 0 Å². The Bertz CT molecular complexity index is 388. The van der Waals surface area contributed by atoms with Gasteiger partial charge in [-0.25, -0.2) is 9.78 Å². The first kappa shape index (κ1) is 10.2. The average Bonchev–Trinajstić information content (AvgIpc) is 2.67. The molecule has 0 N–H and O–H groups in total. The van der Waals surface area contributed by atoms with Crippen LogP contribution < -0.4 is 0 Å². The molecule has 82 valence electrons. The molecular weight excluding hydrogens is 196 g/mol. The summed E-state index contributed by atoms with van der Waals surface area (Å²) >= 11 is 0. The number of esters is 1. The zero-order chi connectivity index (χ0) is 11.1. The van der Waals surface area contributed by atoms with Crippen molar-refractivity contribution in [3.8, 4) is 0 Å². The summed E-state index contributed by atoms with van der Waals surface area (Å²) in [4.78, 5) is 15.6. The Labute approximate surface area is 88.0 Å². The Morgan fingerprint density at radius 2 is 2.53 bits per heavy atom. The van der Waals surface area contributed by atoms with E-state index >= 15 is 0 Å². The molecule has 15 heavy (non-hydrogen) atoms. The molecule has 1 fully saturated rings. The molecule has 1 aliphatic rings. The zero-order valence-corrected chi connectivity index (χ0v) is 9.06. The number of aromatic nitrogens is 2. The lowest BCUT2D eigenvalue weighted by Gasteiger charge is -2.01. The molecule has 2 unspecified atom stereocenters. The highest BCUT2D eigenvalue weighted by atomic mass is 16.7. The van der Waals surface area contributed by atoms with E-state index in [1.54, 1.807) is 13.3 Å². The molecular formula is C10H14N2O3. The van der Waals surface area contributed by atoms with Crippen LogP contribution in [-0.2, 0) is 26.9 Å². The second kappa shape index (κ2) is 3.34. The van der Waals surface area contributed by atoms with E-state index in [1.807, 2.05) is 24.7 Å². The quantitative estimate of drug-likeness (QED) is 0.541. The van der Waals surface area contributed by atoms with Gasteiger partial charge in [0.15, 0.2) is 6.10 Å². The van der Waals surface area contributed by atoms with Gasteiger partial charge in [-0.15, -0.1) is 0 Å². The van der Waals surface area contributed by atoms with Crippen LogP contribution >= 0.6 is 0 Å². The fraction of sp³-hybridized carbons (Fsp3) is 0.600. The lowest BCUT2D eigenvalue weighted by molar-refractivity contribution is -0.144. The van der Waals surface area contributed by atoms with Crippen molar-refractivity contribution in [1.29, 1.82) is 0 Å². The van der Waals surface area contributed by atoms with Crippen molar-refractivity contribution < 1.29 is 14.3 Å². The van der Waals surface area contributed by atoms with E-state index in [0.29, 0.717) is 6.61 Å². The van der Waals surface area contributed by atoms with Gasteiger partial charge in [-0.3, -0.25) is 0 Å². The molecule has 1 saturated heterocycles. The summed E-state index contributed by atoms with van der Waals surface area (Å²) in [6, 6.07) is 0. The molecule has 1 aromatic heterocycles. The summed E-state index contributed by atoms with van der Waals surface area (Å²) in [5.74, 6) is -0.314. The molecule has 5 nitrogen and oxygen atoms in total. The van der Waals surface area contributed by atoms with Gasteiger partial charge in [-0.05, 0) is 13.8 Å². The number of carbonyl (C=O) groups is 1. The van der Waals surface area contributed by atoms with Gasteiger partial charge in [0.05, 0.1) is 18.6 Å². The SMILES string of the molecule is CCOC(=O)C1OC1(C)c1cn(C)cn1. The van der Waals surface area contributed by atoms with Gasteiger partial charge >= 0.3 is 5.97 Å². The maximum absolute atomic E-state index is 11.4. The maximum atomic E-state index is 11.4. The van der Waals surface area contributed by atoms with Crippen molar-refractivity contribution in [3.05, 3.63) is 18.2 Å². The van der Waals surface area contributed by atoms with Gasteiger partial charge in [0.1, 0.15) is 5.60 Å². The van der Waals surface area contributed by atoms with Crippen molar-refractivity contribution in [3.63, 3.8) is 0 Å². The van der Waals surface area contributed by atoms with Crippen molar-refractivity contribution in [1.82, 2.24) is 9.55 Å². The van der Waals surface area contributed by atoms with Crippen molar-refractivity contribution in [2.45, 2.75) is 25.6 Å². The summed E-state index contributed by atoms with van der Waals surface area (Å²) in [5.41, 5.74) is 0.163. The molecule has 0 aromatic carbocycles. The highest BCUT2D eigenvalue weighted by Crippen LogP contribution is 2.45. The van der Waals surface area contributed by atoms with Gasteiger partial charge in [-0.1, -0.05) is 0 Å². The van der Waals surface area contributed by atoms with E-state index in [2.05, 4.69) is 4.98 Å². The Balaban J connectivity index is 2.09. The highest BCUT2D eigenvalue weighted by molar-refractivity contribution is 5.79. The molecule has 0 aliphatic carbocycles. The predicted octanol–water partition coefficient (Wildman–Crippen LogP) is 0.597. The lowest BCUT2D eigenvalue weighted by atomic mass is 10.1. The molecule has 1 aromatic rings. The minimum atomic E-state index is -0.604. The summed E-state index contributed by atoms with van der Waals surface area (Å²) in [7, 11) is 1.88. The average molecular weight is 210 g/mol. The van der Waals surface area contributed by atoms with Gasteiger partial charge in [0, 0.05) is 13.2 Å². The molecule has 2 atom stereocenters. The Kier molecular flexibility index (Phi) is 2.26. The van der Waals surface area contributed by atoms with E-state index in [0.717, 1.165) is 5.69 Å². The minimum absolute atomic E-state index is 0.314. The van der Waals surface area contributed by atoms with E-state index in [9.17, 15) is 4.79 Å². The minimum Gasteiger partial charge on any atom is -0.464 e. The number of carbonyl (C=O) groups excluding carboxylic acids is 1. The van der Waals surface area contributed by atoms with E-state index in [4.69, 9.17) is 9.47 Å². The third-order valence-corrected chi connectivity index (χ3v) is 2.52. The Morgan fingerprint density at radius 3 is 3.07 bits per heavy atom. The van der Waals surface area contributed by atoms with Crippen molar-refractivity contribution in [2.24, 2.45) is 7.05 Å². The summed E-state index contributed by atoms with van der Waals surface area (Å²) < 4.78 is 12.1. The summed E-state index contributed by atoms with van der Waals surface area (Å²) in [6.45, 7) is 3.99. The lowest BCUT2D eigenvalue weighted by Crippen LogP contribution is -2.19. The number of hydrogen-bond acceptors (Lipinski definition) is 4. The largest absolute Gasteiger partial charge is 0.464 e.